The Labute approximate surface area is 177 Å². The van der Waals surface area contributed by atoms with E-state index < -0.39 is 7.26 Å². The van der Waals surface area contributed by atoms with Crippen LogP contribution in [0.4, 0.5) is 0 Å². The van der Waals surface area contributed by atoms with Gasteiger partial charge in [-0.2, -0.15) is 0 Å². The highest BCUT2D eigenvalue weighted by Gasteiger charge is 2.45. The predicted octanol–water partition coefficient (Wildman–Crippen LogP) is 2.55. The van der Waals surface area contributed by atoms with E-state index in [0.29, 0.717) is 0 Å². The molecule has 0 unspecified atom stereocenters. The minimum atomic E-state index is -1.75. The van der Waals surface area contributed by atoms with Crippen LogP contribution in [0.3, 0.4) is 0 Å². The number of aryl methyl sites for hydroxylation is 1. The van der Waals surface area contributed by atoms with Gasteiger partial charge in [0.15, 0.2) is 0 Å². The summed E-state index contributed by atoms with van der Waals surface area (Å²) >= 11 is 1.93. The molecule has 4 rings (SSSR count). The van der Waals surface area contributed by atoms with Gasteiger partial charge in [-0.3, -0.25) is 0 Å². The lowest BCUT2D eigenvalue weighted by atomic mass is 10.4. The SMILES string of the molecule is Cc1ccc(C[P+](c2ccccc2)(c2ccccc2)c2ccccc2)s1.[Br-]. The van der Waals surface area contributed by atoms with Crippen molar-refractivity contribution in [3.63, 3.8) is 0 Å². The topological polar surface area (TPSA) is 0 Å². The highest BCUT2D eigenvalue weighted by atomic mass is 79.9. The second-order valence-corrected chi connectivity index (χ2v) is 11.3. The van der Waals surface area contributed by atoms with Crippen molar-refractivity contribution in [2.24, 2.45) is 0 Å². The highest BCUT2D eigenvalue weighted by Crippen LogP contribution is 2.58. The molecule has 1 aromatic heterocycles. The van der Waals surface area contributed by atoms with Crippen LogP contribution in [-0.2, 0) is 6.16 Å². The molecular formula is C24H22BrPS. The normalized spacial score (nSPS) is 11.0. The van der Waals surface area contributed by atoms with E-state index in [9.17, 15) is 0 Å². The van der Waals surface area contributed by atoms with E-state index in [2.05, 4.69) is 110 Å². The van der Waals surface area contributed by atoms with Gasteiger partial charge in [-0.1, -0.05) is 54.6 Å². The van der Waals surface area contributed by atoms with Gasteiger partial charge in [0, 0.05) is 9.75 Å². The summed E-state index contributed by atoms with van der Waals surface area (Å²) in [5.41, 5.74) is 0. The van der Waals surface area contributed by atoms with Crippen molar-refractivity contribution in [2.75, 3.05) is 0 Å². The molecule has 0 aliphatic carbocycles. The van der Waals surface area contributed by atoms with Gasteiger partial charge in [0.05, 0.1) is 0 Å². The van der Waals surface area contributed by atoms with Gasteiger partial charge in [0.1, 0.15) is 29.3 Å². The standard InChI is InChI=1S/C24H22PS.BrH/c1-20-17-18-24(26-20)19-25(21-11-5-2-6-12-21,22-13-7-3-8-14-22)23-15-9-4-10-16-23;/h2-18H,19H2,1H3;1H/q+1;/p-1. The molecule has 3 aromatic carbocycles. The lowest BCUT2D eigenvalue weighted by Gasteiger charge is -2.27. The van der Waals surface area contributed by atoms with Gasteiger partial charge < -0.3 is 17.0 Å². The molecule has 0 aliphatic heterocycles. The first-order chi connectivity index (χ1) is 12.8. The molecule has 0 saturated carbocycles. The molecule has 0 radical (unpaired) electrons. The van der Waals surface area contributed by atoms with Gasteiger partial charge in [0.2, 0.25) is 0 Å². The van der Waals surface area contributed by atoms with Crippen molar-refractivity contribution in [3.8, 4) is 0 Å². The van der Waals surface area contributed by atoms with Crippen LogP contribution < -0.4 is 32.9 Å². The van der Waals surface area contributed by atoms with Crippen molar-refractivity contribution in [2.45, 2.75) is 13.1 Å². The first-order valence-electron chi connectivity index (χ1n) is 8.89. The summed E-state index contributed by atoms with van der Waals surface area (Å²) < 4.78 is 0. The molecule has 0 amide bonds. The van der Waals surface area contributed by atoms with Gasteiger partial charge >= 0.3 is 0 Å². The van der Waals surface area contributed by atoms with Crippen LogP contribution in [0.1, 0.15) is 9.75 Å². The molecule has 0 spiro atoms. The Kier molecular flexibility index (Phi) is 6.65. The summed E-state index contributed by atoms with van der Waals surface area (Å²) in [7, 11) is -1.75. The lowest BCUT2D eigenvalue weighted by Crippen LogP contribution is -3.00. The molecule has 136 valence electrons. The number of hydrogen-bond acceptors (Lipinski definition) is 1. The van der Waals surface area contributed by atoms with Crippen molar-refractivity contribution < 1.29 is 17.0 Å². The average Bonchev–Trinajstić information content (AvgIpc) is 3.13. The molecule has 0 saturated heterocycles. The zero-order valence-corrected chi connectivity index (χ0v) is 18.6. The number of hydrogen-bond donors (Lipinski definition) is 0. The van der Waals surface area contributed by atoms with Crippen LogP contribution in [0.5, 0.6) is 0 Å². The predicted molar refractivity (Wildman–Crippen MR) is 118 cm³/mol. The summed E-state index contributed by atoms with van der Waals surface area (Å²) in [6.45, 7) is 2.20. The number of benzene rings is 3. The molecule has 27 heavy (non-hydrogen) atoms. The number of rotatable bonds is 5. The Hall–Kier alpha value is -1.73. The fourth-order valence-electron chi connectivity index (χ4n) is 3.57. The number of thiophene rings is 1. The first kappa shape index (κ1) is 20.0. The molecule has 0 nitrogen and oxygen atoms in total. The number of halogens is 1. The van der Waals surface area contributed by atoms with Gasteiger partial charge in [-0.15, -0.1) is 11.3 Å². The summed E-state index contributed by atoms with van der Waals surface area (Å²) in [5.74, 6) is 0. The Bertz CT molecular complexity index is 868. The molecule has 0 bridgehead atoms. The van der Waals surface area contributed by atoms with Crippen LogP contribution in [-0.4, -0.2) is 0 Å². The highest BCUT2D eigenvalue weighted by molar-refractivity contribution is 7.95. The van der Waals surface area contributed by atoms with Crippen molar-refractivity contribution >= 4 is 34.5 Å². The van der Waals surface area contributed by atoms with Crippen LogP contribution in [0.15, 0.2) is 103 Å². The van der Waals surface area contributed by atoms with E-state index in [1.807, 2.05) is 11.3 Å². The zero-order valence-electron chi connectivity index (χ0n) is 15.3. The molecule has 4 aromatic rings. The smallest absolute Gasteiger partial charge is 0.117 e. The Morgan fingerprint density at radius 2 is 1.00 bits per heavy atom. The third-order valence-electron chi connectivity index (χ3n) is 4.78. The summed E-state index contributed by atoms with van der Waals surface area (Å²) in [6.07, 6.45) is 1.07. The zero-order chi connectivity index (χ0) is 17.8. The van der Waals surface area contributed by atoms with E-state index in [4.69, 9.17) is 0 Å². The van der Waals surface area contributed by atoms with E-state index in [0.717, 1.165) is 6.16 Å². The largest absolute Gasteiger partial charge is 1.00 e. The summed E-state index contributed by atoms with van der Waals surface area (Å²) in [5, 5.41) is 4.34. The van der Waals surface area contributed by atoms with E-state index in [-0.39, 0.29) is 17.0 Å². The van der Waals surface area contributed by atoms with E-state index in [1.54, 1.807) is 0 Å². The summed E-state index contributed by atoms with van der Waals surface area (Å²) in [4.78, 5) is 2.85. The molecule has 1 heterocycles. The molecule has 0 atom stereocenters. The average molecular weight is 453 g/mol. The van der Waals surface area contributed by atoms with Crippen LogP contribution in [0.2, 0.25) is 0 Å². The fourth-order valence-corrected chi connectivity index (χ4v) is 9.16. The van der Waals surface area contributed by atoms with Gasteiger partial charge in [-0.05, 0) is 55.5 Å². The third kappa shape index (κ3) is 4.09. The minimum Gasteiger partial charge on any atom is -1.00 e. The quantitative estimate of drug-likeness (QED) is 0.408. The molecule has 0 N–H and O–H groups in total. The maximum Gasteiger partial charge on any atom is 0.117 e. The van der Waals surface area contributed by atoms with Crippen molar-refractivity contribution in [1.29, 1.82) is 0 Å². The monoisotopic (exact) mass is 452 g/mol. The van der Waals surface area contributed by atoms with Gasteiger partial charge in [-0.25, -0.2) is 0 Å². The molecular weight excluding hydrogens is 431 g/mol. The second kappa shape index (κ2) is 8.97. The lowest BCUT2D eigenvalue weighted by molar-refractivity contribution is -0.00000502. The molecule has 3 heteroatoms. The Morgan fingerprint density at radius 3 is 1.33 bits per heavy atom. The first-order valence-corrected chi connectivity index (χ1v) is 11.7. The second-order valence-electron chi connectivity index (χ2n) is 6.49. The third-order valence-corrected chi connectivity index (χ3v) is 10.3. The Morgan fingerprint density at radius 1 is 0.593 bits per heavy atom. The van der Waals surface area contributed by atoms with E-state index >= 15 is 0 Å². The maximum atomic E-state index is 2.31. The van der Waals surface area contributed by atoms with Crippen LogP contribution in [0.25, 0.3) is 0 Å². The summed E-state index contributed by atoms with van der Waals surface area (Å²) in [6, 6.07) is 37.8. The molecule has 0 aliphatic rings. The van der Waals surface area contributed by atoms with Crippen LogP contribution in [0, 0.1) is 6.92 Å². The fraction of sp³-hybridized carbons (Fsp3) is 0.0833. The molecule has 0 fully saturated rings. The minimum absolute atomic E-state index is 0. The Balaban J connectivity index is 0.00000210. The van der Waals surface area contributed by atoms with E-state index in [1.165, 1.54) is 25.7 Å². The maximum absolute atomic E-state index is 2.31. The van der Waals surface area contributed by atoms with Crippen molar-refractivity contribution in [3.05, 3.63) is 113 Å². The van der Waals surface area contributed by atoms with Crippen LogP contribution >= 0.6 is 18.6 Å². The van der Waals surface area contributed by atoms with Gasteiger partial charge in [0.25, 0.3) is 0 Å². The van der Waals surface area contributed by atoms with Crippen molar-refractivity contribution in [1.82, 2.24) is 0 Å².